The number of aliphatic hydroxyl groups is 1. The van der Waals surface area contributed by atoms with E-state index in [1.165, 1.54) is 4.90 Å². The smallest absolute Gasteiger partial charge is 0.237 e. The molecule has 2 atom stereocenters. The summed E-state index contributed by atoms with van der Waals surface area (Å²) in [5.74, 6) is 4.98. The number of carbonyl (C=O) groups is 2. The molecule has 2 aliphatic rings. The van der Waals surface area contributed by atoms with Crippen molar-refractivity contribution >= 4 is 17.5 Å². The van der Waals surface area contributed by atoms with Gasteiger partial charge in [-0.2, -0.15) is 0 Å². The number of nitrogens with zero attached hydrogens (tertiary/aromatic N) is 1. The van der Waals surface area contributed by atoms with Crippen LogP contribution >= 0.6 is 0 Å². The predicted molar refractivity (Wildman–Crippen MR) is 69.2 cm³/mol. The minimum absolute atomic E-state index is 0.0957. The van der Waals surface area contributed by atoms with Crippen LogP contribution in [0.3, 0.4) is 0 Å². The summed E-state index contributed by atoms with van der Waals surface area (Å²) in [6, 6.07) is 5.39. The number of carbonyl (C=O) groups excluding carboxylic acids is 2. The van der Waals surface area contributed by atoms with Crippen molar-refractivity contribution in [2.24, 2.45) is 11.8 Å². The van der Waals surface area contributed by atoms with Crippen LogP contribution in [0.1, 0.15) is 17.5 Å². The Labute approximate surface area is 111 Å². The summed E-state index contributed by atoms with van der Waals surface area (Å²) < 4.78 is 0. The molecule has 2 fully saturated rings. The molecule has 0 aromatic heterocycles. The zero-order valence-electron chi connectivity index (χ0n) is 10.5. The van der Waals surface area contributed by atoms with Crippen LogP contribution in [-0.4, -0.2) is 23.5 Å². The molecule has 1 heterocycles. The van der Waals surface area contributed by atoms with E-state index in [0.29, 0.717) is 17.7 Å². The Kier molecular flexibility index (Phi) is 2.65. The average Bonchev–Trinajstić information content (AvgIpc) is 3.11. The van der Waals surface area contributed by atoms with Crippen molar-refractivity contribution in [2.75, 3.05) is 11.5 Å². The Morgan fingerprint density at radius 3 is 2.58 bits per heavy atom. The maximum absolute atomic E-state index is 12.0. The van der Waals surface area contributed by atoms with Crippen LogP contribution in [0, 0.1) is 30.6 Å². The molecule has 0 bridgehead atoms. The van der Waals surface area contributed by atoms with Gasteiger partial charge in [-0.15, -0.1) is 0 Å². The number of piperidine rings is 1. The maximum atomic E-state index is 12.0. The lowest BCUT2D eigenvalue weighted by molar-refractivity contribution is -0.123. The molecule has 4 heteroatoms. The number of amides is 2. The quantitative estimate of drug-likeness (QED) is 0.598. The molecule has 96 valence electrons. The van der Waals surface area contributed by atoms with Crippen LogP contribution in [0.5, 0.6) is 0 Å². The molecule has 1 aromatic rings. The number of aliphatic hydroxyl groups excluding tert-OH is 1. The van der Waals surface area contributed by atoms with Gasteiger partial charge in [0.15, 0.2) is 0 Å². The summed E-state index contributed by atoms with van der Waals surface area (Å²) in [5.41, 5.74) is 2.22. The zero-order chi connectivity index (χ0) is 13.6. The second kappa shape index (κ2) is 4.22. The molecule has 2 unspecified atom stereocenters. The number of benzene rings is 1. The van der Waals surface area contributed by atoms with Gasteiger partial charge >= 0.3 is 0 Å². The van der Waals surface area contributed by atoms with E-state index >= 15 is 0 Å². The molecule has 1 aliphatic carbocycles. The van der Waals surface area contributed by atoms with Crippen LogP contribution < -0.4 is 4.90 Å². The van der Waals surface area contributed by atoms with E-state index in [2.05, 4.69) is 11.8 Å². The Hall–Kier alpha value is -2.12. The van der Waals surface area contributed by atoms with Gasteiger partial charge in [0.1, 0.15) is 6.61 Å². The van der Waals surface area contributed by atoms with Gasteiger partial charge in [0, 0.05) is 5.56 Å². The van der Waals surface area contributed by atoms with Gasteiger partial charge in [0.05, 0.1) is 17.5 Å². The highest BCUT2D eigenvalue weighted by atomic mass is 16.2. The lowest BCUT2D eigenvalue weighted by atomic mass is 10.1. The third-order valence-corrected chi connectivity index (χ3v) is 3.50. The van der Waals surface area contributed by atoms with E-state index in [9.17, 15) is 9.59 Å². The van der Waals surface area contributed by atoms with Crippen molar-refractivity contribution in [2.45, 2.75) is 13.3 Å². The van der Waals surface area contributed by atoms with E-state index < -0.39 is 0 Å². The first-order valence-electron chi connectivity index (χ1n) is 6.21. The van der Waals surface area contributed by atoms with Crippen LogP contribution in [0.2, 0.25) is 0 Å². The van der Waals surface area contributed by atoms with Gasteiger partial charge in [-0.1, -0.05) is 11.8 Å². The molecular formula is C15H13NO3. The predicted octanol–water partition coefficient (Wildman–Crippen LogP) is 0.848. The van der Waals surface area contributed by atoms with Crippen molar-refractivity contribution in [1.82, 2.24) is 0 Å². The number of aryl methyl sites for hydroxylation is 1. The molecule has 19 heavy (non-hydrogen) atoms. The van der Waals surface area contributed by atoms with Crippen LogP contribution in [0.15, 0.2) is 18.2 Å². The van der Waals surface area contributed by atoms with Crippen molar-refractivity contribution in [3.8, 4) is 11.8 Å². The van der Waals surface area contributed by atoms with E-state index in [4.69, 9.17) is 5.11 Å². The first-order valence-corrected chi connectivity index (χ1v) is 6.21. The fourth-order valence-electron chi connectivity index (χ4n) is 2.54. The van der Waals surface area contributed by atoms with Crippen molar-refractivity contribution in [3.63, 3.8) is 0 Å². The third kappa shape index (κ3) is 1.92. The maximum Gasteiger partial charge on any atom is 0.237 e. The highest BCUT2D eigenvalue weighted by molar-refractivity contribution is 6.24. The van der Waals surface area contributed by atoms with Gasteiger partial charge in [-0.25, -0.2) is 0 Å². The molecular weight excluding hydrogens is 242 g/mol. The Morgan fingerprint density at radius 2 is 1.95 bits per heavy atom. The molecule has 1 aliphatic heterocycles. The largest absolute Gasteiger partial charge is 0.384 e. The Balaban J connectivity index is 1.99. The Bertz CT molecular complexity index is 619. The first kappa shape index (κ1) is 11.9. The minimum atomic E-state index is -0.213. The molecule has 2 amide bonds. The number of hydrogen-bond donors (Lipinski definition) is 1. The first-order chi connectivity index (χ1) is 9.11. The SMILES string of the molecule is Cc1cc(C#CCO)cc(N2C(=O)C3CC3C2=O)c1. The fraction of sp³-hybridized carbons (Fsp3) is 0.333. The van der Waals surface area contributed by atoms with Gasteiger partial charge in [0.2, 0.25) is 11.8 Å². The molecule has 1 saturated carbocycles. The summed E-state index contributed by atoms with van der Waals surface area (Å²) >= 11 is 0. The molecule has 1 aromatic carbocycles. The zero-order valence-corrected chi connectivity index (χ0v) is 10.5. The van der Waals surface area contributed by atoms with Gasteiger partial charge < -0.3 is 5.11 Å². The molecule has 1 saturated heterocycles. The summed E-state index contributed by atoms with van der Waals surface area (Å²) in [7, 11) is 0. The normalized spacial score (nSPS) is 24.0. The van der Waals surface area contributed by atoms with Crippen LogP contribution in [-0.2, 0) is 9.59 Å². The van der Waals surface area contributed by atoms with Crippen LogP contribution in [0.4, 0.5) is 5.69 Å². The third-order valence-electron chi connectivity index (χ3n) is 3.50. The lowest BCUT2D eigenvalue weighted by Gasteiger charge is -2.17. The lowest BCUT2D eigenvalue weighted by Crippen LogP contribution is -2.32. The number of imide groups is 1. The highest BCUT2D eigenvalue weighted by Crippen LogP contribution is 2.48. The van der Waals surface area contributed by atoms with Gasteiger partial charge in [0.25, 0.3) is 0 Å². The minimum Gasteiger partial charge on any atom is -0.384 e. The van der Waals surface area contributed by atoms with E-state index in [1.807, 2.05) is 19.1 Å². The van der Waals surface area contributed by atoms with E-state index in [1.54, 1.807) is 6.07 Å². The molecule has 3 rings (SSSR count). The number of fused-ring (bicyclic) bond motifs is 1. The number of rotatable bonds is 1. The average molecular weight is 255 g/mol. The van der Waals surface area contributed by atoms with Crippen molar-refractivity contribution < 1.29 is 14.7 Å². The topological polar surface area (TPSA) is 57.6 Å². The Morgan fingerprint density at radius 1 is 1.26 bits per heavy atom. The van der Waals surface area contributed by atoms with Gasteiger partial charge in [-0.3, -0.25) is 14.5 Å². The fourth-order valence-corrected chi connectivity index (χ4v) is 2.54. The van der Waals surface area contributed by atoms with Crippen molar-refractivity contribution in [1.29, 1.82) is 0 Å². The second-order valence-electron chi connectivity index (χ2n) is 4.98. The summed E-state index contributed by atoms with van der Waals surface area (Å²) in [5, 5.41) is 8.71. The highest BCUT2D eigenvalue weighted by Gasteiger charge is 2.59. The standard InChI is InChI=1S/C15H13NO3/c1-9-5-10(3-2-4-17)7-11(6-9)16-14(18)12-8-13(12)15(16)19/h5-7,12-13,17H,4,8H2,1H3. The number of hydrogen-bond acceptors (Lipinski definition) is 3. The van der Waals surface area contributed by atoms with E-state index in [0.717, 1.165) is 5.56 Å². The van der Waals surface area contributed by atoms with Gasteiger partial charge in [-0.05, 0) is 37.1 Å². The van der Waals surface area contributed by atoms with Crippen molar-refractivity contribution in [3.05, 3.63) is 29.3 Å². The summed E-state index contributed by atoms with van der Waals surface area (Å²) in [6.07, 6.45) is 0.706. The molecule has 0 radical (unpaired) electrons. The summed E-state index contributed by atoms with van der Waals surface area (Å²) in [4.78, 5) is 25.3. The monoisotopic (exact) mass is 255 g/mol. The van der Waals surface area contributed by atoms with Crippen LogP contribution in [0.25, 0.3) is 0 Å². The summed E-state index contributed by atoms with van der Waals surface area (Å²) in [6.45, 7) is 1.67. The molecule has 0 spiro atoms. The van der Waals surface area contributed by atoms with E-state index in [-0.39, 0.29) is 30.3 Å². The molecule has 1 N–H and O–H groups in total. The molecule has 4 nitrogen and oxygen atoms in total. The second-order valence-corrected chi connectivity index (χ2v) is 4.98. The number of anilines is 1.